The van der Waals surface area contributed by atoms with Crippen LogP contribution in [0.25, 0.3) is 0 Å². The normalized spacial score (nSPS) is 11.4. The lowest BCUT2D eigenvalue weighted by atomic mass is 10.1. The van der Waals surface area contributed by atoms with Crippen molar-refractivity contribution < 1.29 is 19.1 Å². The van der Waals surface area contributed by atoms with Gasteiger partial charge < -0.3 is 19.7 Å². The van der Waals surface area contributed by atoms with E-state index in [2.05, 4.69) is 5.32 Å². The molecule has 0 aliphatic rings. The zero-order chi connectivity index (χ0) is 21.1. The van der Waals surface area contributed by atoms with Gasteiger partial charge in [-0.1, -0.05) is 37.3 Å². The second-order valence-electron chi connectivity index (χ2n) is 6.67. The van der Waals surface area contributed by atoms with E-state index in [9.17, 15) is 9.59 Å². The molecule has 6 nitrogen and oxygen atoms in total. The Morgan fingerprint density at radius 2 is 1.72 bits per heavy atom. The number of rotatable bonds is 11. The number of hydrogen-bond acceptors (Lipinski definition) is 4. The summed E-state index contributed by atoms with van der Waals surface area (Å²) in [6.45, 7) is 2.73. The molecule has 0 saturated heterocycles. The summed E-state index contributed by atoms with van der Waals surface area (Å²) in [5.41, 5.74) is 0.946. The van der Waals surface area contributed by atoms with Gasteiger partial charge in [-0.15, -0.1) is 0 Å². The average Bonchev–Trinajstić information content (AvgIpc) is 2.77. The first-order valence-electron chi connectivity index (χ1n) is 9.90. The number of ether oxygens (including phenoxy) is 2. The average molecular weight is 399 g/mol. The Morgan fingerprint density at radius 1 is 1.03 bits per heavy atom. The maximum Gasteiger partial charge on any atom is 0.242 e. The second-order valence-corrected chi connectivity index (χ2v) is 6.67. The van der Waals surface area contributed by atoms with Crippen LogP contribution in [0.5, 0.6) is 11.5 Å². The lowest BCUT2D eigenvalue weighted by molar-refractivity contribution is -0.141. The first-order chi connectivity index (χ1) is 14.1. The van der Waals surface area contributed by atoms with E-state index < -0.39 is 6.04 Å². The topological polar surface area (TPSA) is 67.9 Å². The van der Waals surface area contributed by atoms with Crippen molar-refractivity contribution in [2.45, 2.75) is 38.8 Å². The van der Waals surface area contributed by atoms with Crippen molar-refractivity contribution >= 4 is 11.8 Å². The molecule has 2 aromatic rings. The van der Waals surface area contributed by atoms with Gasteiger partial charge in [-0.3, -0.25) is 9.59 Å². The van der Waals surface area contributed by atoms with Crippen molar-refractivity contribution in [1.29, 1.82) is 0 Å². The standard InChI is InChI=1S/C23H30N2O4/c1-4-21(23(27)24-2)25(17-18-12-14-19(28-3)15-13-18)22(26)11-8-16-29-20-9-6-5-7-10-20/h5-7,9-10,12-15,21H,4,8,11,16-17H2,1-3H3,(H,24,27)/t21-/m1/s1. The minimum Gasteiger partial charge on any atom is -0.497 e. The molecule has 1 atom stereocenters. The predicted octanol–water partition coefficient (Wildman–Crippen LogP) is 3.41. The van der Waals surface area contributed by atoms with Crippen LogP contribution < -0.4 is 14.8 Å². The Morgan fingerprint density at radius 3 is 2.31 bits per heavy atom. The number of methoxy groups -OCH3 is 1. The fraction of sp³-hybridized carbons (Fsp3) is 0.391. The minimum absolute atomic E-state index is 0.0621. The summed E-state index contributed by atoms with van der Waals surface area (Å²) in [6.07, 6.45) is 1.44. The van der Waals surface area contributed by atoms with Crippen LogP contribution in [-0.2, 0) is 16.1 Å². The Kier molecular flexibility index (Phi) is 9.02. The van der Waals surface area contributed by atoms with Gasteiger partial charge in [0.05, 0.1) is 13.7 Å². The Hall–Kier alpha value is -3.02. The van der Waals surface area contributed by atoms with Crippen molar-refractivity contribution in [3.05, 3.63) is 60.2 Å². The van der Waals surface area contributed by atoms with Crippen LogP contribution in [-0.4, -0.2) is 43.5 Å². The van der Waals surface area contributed by atoms with E-state index in [1.807, 2.05) is 61.5 Å². The molecule has 0 bridgehead atoms. The van der Waals surface area contributed by atoms with Gasteiger partial charge in [0.1, 0.15) is 17.5 Å². The highest BCUT2D eigenvalue weighted by Crippen LogP contribution is 2.17. The summed E-state index contributed by atoms with van der Waals surface area (Å²) in [5, 5.41) is 2.67. The highest BCUT2D eigenvalue weighted by atomic mass is 16.5. The van der Waals surface area contributed by atoms with Crippen LogP contribution in [0.4, 0.5) is 0 Å². The molecule has 1 N–H and O–H groups in total. The summed E-state index contributed by atoms with van der Waals surface area (Å²) in [7, 11) is 3.20. The van der Waals surface area contributed by atoms with Gasteiger partial charge in [0.25, 0.3) is 0 Å². The summed E-state index contributed by atoms with van der Waals surface area (Å²) in [6, 6.07) is 16.5. The minimum atomic E-state index is -0.510. The summed E-state index contributed by atoms with van der Waals surface area (Å²) in [4.78, 5) is 27.0. The van der Waals surface area contributed by atoms with Gasteiger partial charge in [-0.25, -0.2) is 0 Å². The summed E-state index contributed by atoms with van der Waals surface area (Å²) in [5.74, 6) is 1.32. The number of nitrogens with zero attached hydrogens (tertiary/aromatic N) is 1. The molecule has 0 fully saturated rings. The van der Waals surface area contributed by atoms with Gasteiger partial charge in [0.2, 0.25) is 11.8 Å². The van der Waals surface area contributed by atoms with Gasteiger partial charge in [-0.2, -0.15) is 0 Å². The molecule has 0 spiro atoms. The molecule has 0 aliphatic carbocycles. The van der Waals surface area contributed by atoms with Crippen molar-refractivity contribution in [3.63, 3.8) is 0 Å². The van der Waals surface area contributed by atoms with E-state index >= 15 is 0 Å². The fourth-order valence-corrected chi connectivity index (χ4v) is 3.09. The van der Waals surface area contributed by atoms with Crippen LogP contribution in [0, 0.1) is 0 Å². The molecule has 0 aromatic heterocycles. The zero-order valence-electron chi connectivity index (χ0n) is 17.4. The molecule has 2 aromatic carbocycles. The molecule has 0 aliphatic heterocycles. The number of nitrogens with one attached hydrogen (secondary N) is 1. The van der Waals surface area contributed by atoms with E-state index in [-0.39, 0.29) is 11.8 Å². The molecule has 0 radical (unpaired) electrons. The monoisotopic (exact) mass is 398 g/mol. The Balaban J connectivity index is 2.02. The molecule has 2 amide bonds. The quantitative estimate of drug-likeness (QED) is 0.589. The van der Waals surface area contributed by atoms with Gasteiger partial charge >= 0.3 is 0 Å². The van der Waals surface area contributed by atoms with Crippen molar-refractivity contribution in [2.24, 2.45) is 0 Å². The molecule has 0 saturated carbocycles. The van der Waals surface area contributed by atoms with Crippen LogP contribution in [0.15, 0.2) is 54.6 Å². The smallest absolute Gasteiger partial charge is 0.242 e. The second kappa shape index (κ2) is 11.7. The van der Waals surface area contributed by atoms with Gasteiger partial charge in [0.15, 0.2) is 0 Å². The molecule has 2 rings (SSSR count). The maximum absolute atomic E-state index is 13.0. The highest BCUT2D eigenvalue weighted by Gasteiger charge is 2.27. The molecule has 156 valence electrons. The number of para-hydroxylation sites is 1. The lowest BCUT2D eigenvalue weighted by Gasteiger charge is -2.30. The summed E-state index contributed by atoms with van der Waals surface area (Å²) >= 11 is 0. The van der Waals surface area contributed by atoms with E-state index in [4.69, 9.17) is 9.47 Å². The number of likely N-dealkylation sites (N-methyl/N-ethyl adjacent to an activating group) is 1. The first-order valence-corrected chi connectivity index (χ1v) is 9.90. The SMILES string of the molecule is CC[C@H](C(=O)NC)N(Cc1ccc(OC)cc1)C(=O)CCCOc1ccccc1. The molecule has 0 heterocycles. The Labute approximate surface area is 172 Å². The Bertz CT molecular complexity index is 762. The third kappa shape index (κ3) is 6.82. The van der Waals surface area contributed by atoms with Crippen LogP contribution >= 0.6 is 0 Å². The van der Waals surface area contributed by atoms with E-state index in [1.54, 1.807) is 19.1 Å². The van der Waals surface area contributed by atoms with Crippen molar-refractivity contribution in [2.75, 3.05) is 20.8 Å². The third-order valence-corrected chi connectivity index (χ3v) is 4.69. The van der Waals surface area contributed by atoms with Crippen molar-refractivity contribution in [3.8, 4) is 11.5 Å². The maximum atomic E-state index is 13.0. The number of carbonyl (C=O) groups excluding carboxylic acids is 2. The molecule has 6 heteroatoms. The number of carbonyl (C=O) groups is 2. The molecular formula is C23H30N2O4. The van der Waals surface area contributed by atoms with Gasteiger partial charge in [0, 0.05) is 20.0 Å². The first kappa shape index (κ1) is 22.3. The predicted molar refractivity (Wildman–Crippen MR) is 113 cm³/mol. The van der Waals surface area contributed by atoms with Crippen LogP contribution in [0.1, 0.15) is 31.7 Å². The van der Waals surface area contributed by atoms with Crippen molar-refractivity contribution in [1.82, 2.24) is 10.2 Å². The number of amides is 2. The van der Waals surface area contributed by atoms with E-state index in [1.165, 1.54) is 0 Å². The third-order valence-electron chi connectivity index (χ3n) is 4.69. The van der Waals surface area contributed by atoms with Crippen LogP contribution in [0.2, 0.25) is 0 Å². The fourth-order valence-electron chi connectivity index (χ4n) is 3.09. The number of hydrogen-bond donors (Lipinski definition) is 1. The van der Waals surface area contributed by atoms with Crippen LogP contribution in [0.3, 0.4) is 0 Å². The van der Waals surface area contributed by atoms with E-state index in [0.29, 0.717) is 32.4 Å². The number of benzene rings is 2. The highest BCUT2D eigenvalue weighted by molar-refractivity contribution is 5.87. The summed E-state index contributed by atoms with van der Waals surface area (Å²) < 4.78 is 10.9. The molecule has 29 heavy (non-hydrogen) atoms. The lowest BCUT2D eigenvalue weighted by Crippen LogP contribution is -2.48. The molecule has 0 unspecified atom stereocenters. The van der Waals surface area contributed by atoms with Gasteiger partial charge in [-0.05, 0) is 42.7 Å². The molecular weight excluding hydrogens is 368 g/mol. The van der Waals surface area contributed by atoms with E-state index in [0.717, 1.165) is 17.1 Å². The largest absolute Gasteiger partial charge is 0.497 e. The zero-order valence-corrected chi connectivity index (χ0v) is 17.4.